The van der Waals surface area contributed by atoms with Crippen LogP contribution in [0.5, 0.6) is 5.75 Å². The highest BCUT2D eigenvalue weighted by atomic mass is 16.6. The summed E-state index contributed by atoms with van der Waals surface area (Å²) in [4.78, 5) is 24.2. The Morgan fingerprint density at radius 3 is 2.45 bits per heavy atom. The van der Waals surface area contributed by atoms with Crippen LogP contribution in [0.15, 0.2) is 18.2 Å². The molecule has 0 saturated carbocycles. The van der Waals surface area contributed by atoms with Gasteiger partial charge in [0.05, 0.1) is 19.8 Å². The van der Waals surface area contributed by atoms with Gasteiger partial charge in [-0.3, -0.25) is 9.59 Å². The summed E-state index contributed by atoms with van der Waals surface area (Å²) in [6.45, 7) is 4.39. The molecule has 0 N–H and O–H groups in total. The molecule has 0 radical (unpaired) electrons. The van der Waals surface area contributed by atoms with Crippen molar-refractivity contribution < 1.29 is 23.8 Å². The Labute approximate surface area is 117 Å². The van der Waals surface area contributed by atoms with Crippen molar-refractivity contribution in [3.8, 4) is 5.75 Å². The van der Waals surface area contributed by atoms with Crippen molar-refractivity contribution in [3.63, 3.8) is 0 Å². The fourth-order valence-electron chi connectivity index (χ4n) is 2.27. The average molecular weight is 278 g/mol. The van der Waals surface area contributed by atoms with Gasteiger partial charge in [-0.05, 0) is 19.4 Å². The van der Waals surface area contributed by atoms with E-state index in [9.17, 15) is 9.59 Å². The molecule has 0 amide bonds. The van der Waals surface area contributed by atoms with Gasteiger partial charge in [0, 0.05) is 12.0 Å². The monoisotopic (exact) mass is 278 g/mol. The molecule has 2 rings (SSSR count). The molecule has 0 bridgehead atoms. The lowest BCUT2D eigenvalue weighted by Gasteiger charge is -2.17. The molecular formula is C15H18O5. The summed E-state index contributed by atoms with van der Waals surface area (Å²) >= 11 is 0. The maximum Gasteiger partial charge on any atom is 0.325 e. The van der Waals surface area contributed by atoms with Crippen molar-refractivity contribution >= 4 is 11.9 Å². The van der Waals surface area contributed by atoms with Gasteiger partial charge < -0.3 is 14.2 Å². The van der Waals surface area contributed by atoms with Gasteiger partial charge in [0.2, 0.25) is 0 Å². The predicted octanol–water partition coefficient (Wildman–Crippen LogP) is 1.83. The first-order valence-electron chi connectivity index (χ1n) is 6.76. The maximum absolute atomic E-state index is 12.1. The van der Waals surface area contributed by atoms with E-state index < -0.39 is 17.9 Å². The topological polar surface area (TPSA) is 61.8 Å². The van der Waals surface area contributed by atoms with Crippen LogP contribution in [-0.2, 0) is 25.5 Å². The molecule has 1 heterocycles. The predicted molar refractivity (Wildman–Crippen MR) is 71.6 cm³/mol. The highest BCUT2D eigenvalue weighted by Crippen LogP contribution is 2.35. The van der Waals surface area contributed by atoms with Gasteiger partial charge in [-0.15, -0.1) is 0 Å². The molecule has 1 aromatic carbocycles. The van der Waals surface area contributed by atoms with E-state index in [1.807, 2.05) is 12.1 Å². The first kappa shape index (κ1) is 14.4. The Morgan fingerprint density at radius 1 is 1.20 bits per heavy atom. The molecule has 0 unspecified atom stereocenters. The zero-order valence-electron chi connectivity index (χ0n) is 11.7. The smallest absolute Gasteiger partial charge is 0.325 e. The third kappa shape index (κ3) is 2.76. The van der Waals surface area contributed by atoms with Crippen LogP contribution in [0, 0.1) is 0 Å². The summed E-state index contributed by atoms with van der Waals surface area (Å²) in [5, 5.41) is 0. The Hall–Kier alpha value is -2.04. The Bertz CT molecular complexity index is 491. The number of rotatable bonds is 5. The van der Waals surface area contributed by atoms with E-state index in [-0.39, 0.29) is 13.2 Å². The van der Waals surface area contributed by atoms with E-state index in [2.05, 4.69) is 0 Å². The lowest BCUT2D eigenvalue weighted by Crippen LogP contribution is -2.26. The SMILES string of the molecule is CCOC(=O)C(C(=O)OCC)c1cccc2c1OCC2. The van der Waals surface area contributed by atoms with E-state index in [0.717, 1.165) is 12.0 Å². The van der Waals surface area contributed by atoms with E-state index in [1.54, 1.807) is 19.9 Å². The second-order valence-corrected chi connectivity index (χ2v) is 4.37. The highest BCUT2D eigenvalue weighted by molar-refractivity contribution is 6.01. The fourth-order valence-corrected chi connectivity index (χ4v) is 2.27. The number of carbonyl (C=O) groups excluding carboxylic acids is 2. The molecular weight excluding hydrogens is 260 g/mol. The second kappa shape index (κ2) is 6.41. The van der Waals surface area contributed by atoms with Crippen LogP contribution in [0.3, 0.4) is 0 Å². The number of esters is 2. The minimum absolute atomic E-state index is 0.213. The number of hydrogen-bond acceptors (Lipinski definition) is 5. The van der Waals surface area contributed by atoms with Crippen molar-refractivity contribution in [2.24, 2.45) is 0 Å². The van der Waals surface area contributed by atoms with Crippen molar-refractivity contribution in [1.29, 1.82) is 0 Å². The van der Waals surface area contributed by atoms with Crippen molar-refractivity contribution in [2.45, 2.75) is 26.2 Å². The Balaban J connectivity index is 2.38. The lowest BCUT2D eigenvalue weighted by atomic mass is 9.96. The maximum atomic E-state index is 12.1. The minimum Gasteiger partial charge on any atom is -0.493 e. The fraction of sp³-hybridized carbons (Fsp3) is 0.467. The molecule has 5 heteroatoms. The van der Waals surface area contributed by atoms with E-state index >= 15 is 0 Å². The van der Waals surface area contributed by atoms with Crippen LogP contribution in [0.4, 0.5) is 0 Å². The Morgan fingerprint density at radius 2 is 1.85 bits per heavy atom. The molecule has 0 fully saturated rings. The summed E-state index contributed by atoms with van der Waals surface area (Å²) in [5.74, 6) is -1.67. The third-order valence-electron chi connectivity index (χ3n) is 3.10. The van der Waals surface area contributed by atoms with Gasteiger partial charge in [0.1, 0.15) is 5.75 Å². The van der Waals surface area contributed by atoms with Gasteiger partial charge in [-0.25, -0.2) is 0 Å². The summed E-state index contributed by atoms with van der Waals surface area (Å²) in [6, 6.07) is 5.45. The van der Waals surface area contributed by atoms with Crippen LogP contribution < -0.4 is 4.74 Å². The molecule has 5 nitrogen and oxygen atoms in total. The van der Waals surface area contributed by atoms with Crippen LogP contribution in [0.2, 0.25) is 0 Å². The summed E-state index contributed by atoms with van der Waals surface area (Å²) < 4.78 is 15.5. The standard InChI is InChI=1S/C15H18O5/c1-3-18-14(16)12(15(17)19-4-2)11-7-5-6-10-8-9-20-13(10)11/h5-7,12H,3-4,8-9H2,1-2H3. The molecule has 0 spiro atoms. The number of para-hydroxylation sites is 1. The molecule has 108 valence electrons. The zero-order chi connectivity index (χ0) is 14.5. The molecule has 20 heavy (non-hydrogen) atoms. The van der Waals surface area contributed by atoms with Gasteiger partial charge in [-0.1, -0.05) is 18.2 Å². The van der Waals surface area contributed by atoms with Gasteiger partial charge in [-0.2, -0.15) is 0 Å². The quantitative estimate of drug-likeness (QED) is 0.607. The van der Waals surface area contributed by atoms with Crippen LogP contribution in [0.25, 0.3) is 0 Å². The van der Waals surface area contributed by atoms with Crippen molar-refractivity contribution in [1.82, 2.24) is 0 Å². The molecule has 0 atom stereocenters. The molecule has 0 saturated heterocycles. The summed E-state index contributed by atoms with van der Waals surface area (Å²) in [7, 11) is 0. The number of benzene rings is 1. The van der Waals surface area contributed by atoms with Crippen molar-refractivity contribution in [2.75, 3.05) is 19.8 Å². The number of fused-ring (bicyclic) bond motifs is 1. The molecule has 1 aromatic rings. The molecule has 0 aromatic heterocycles. The first-order chi connectivity index (χ1) is 9.69. The number of carbonyl (C=O) groups is 2. The van der Waals surface area contributed by atoms with Crippen LogP contribution >= 0.6 is 0 Å². The Kier molecular flexibility index (Phi) is 4.61. The van der Waals surface area contributed by atoms with Crippen molar-refractivity contribution in [3.05, 3.63) is 29.3 Å². The lowest BCUT2D eigenvalue weighted by molar-refractivity contribution is -0.157. The van der Waals surface area contributed by atoms with Gasteiger partial charge in [0.25, 0.3) is 0 Å². The van der Waals surface area contributed by atoms with Gasteiger partial charge >= 0.3 is 11.9 Å². The second-order valence-electron chi connectivity index (χ2n) is 4.37. The molecule has 1 aliphatic heterocycles. The van der Waals surface area contributed by atoms with E-state index in [0.29, 0.717) is 17.9 Å². The van der Waals surface area contributed by atoms with Crippen LogP contribution in [-0.4, -0.2) is 31.8 Å². The summed E-state index contributed by atoms with van der Waals surface area (Å²) in [6.07, 6.45) is 0.779. The largest absolute Gasteiger partial charge is 0.493 e. The first-order valence-corrected chi connectivity index (χ1v) is 6.76. The summed E-state index contributed by atoms with van der Waals surface area (Å²) in [5.41, 5.74) is 1.53. The molecule has 1 aliphatic rings. The number of ether oxygens (including phenoxy) is 3. The molecule has 0 aliphatic carbocycles. The van der Waals surface area contributed by atoms with Gasteiger partial charge in [0.15, 0.2) is 5.92 Å². The van der Waals surface area contributed by atoms with Crippen LogP contribution in [0.1, 0.15) is 30.9 Å². The average Bonchev–Trinajstić information content (AvgIpc) is 2.89. The van der Waals surface area contributed by atoms with E-state index in [1.165, 1.54) is 0 Å². The highest BCUT2D eigenvalue weighted by Gasteiger charge is 2.35. The third-order valence-corrected chi connectivity index (χ3v) is 3.10. The van der Waals surface area contributed by atoms with E-state index in [4.69, 9.17) is 14.2 Å². The number of hydrogen-bond donors (Lipinski definition) is 0. The normalized spacial score (nSPS) is 12.8. The minimum atomic E-state index is -1.08. The zero-order valence-corrected chi connectivity index (χ0v) is 11.7.